The Morgan fingerprint density at radius 1 is 1.03 bits per heavy atom. The number of imidazole rings is 1. The van der Waals surface area contributed by atoms with Crippen LogP contribution in [0.4, 0.5) is 0 Å². The zero-order chi connectivity index (χ0) is 24.5. The molecule has 0 bridgehead atoms. The van der Waals surface area contributed by atoms with Gasteiger partial charge in [-0.25, -0.2) is 4.98 Å². The van der Waals surface area contributed by atoms with Crippen molar-refractivity contribution in [3.63, 3.8) is 0 Å². The topological polar surface area (TPSA) is 122 Å². The van der Waals surface area contributed by atoms with Crippen LogP contribution in [0.5, 0.6) is 11.5 Å². The van der Waals surface area contributed by atoms with E-state index >= 15 is 0 Å². The van der Waals surface area contributed by atoms with Gasteiger partial charge >= 0.3 is 0 Å². The monoisotopic (exact) mass is 494 g/mol. The summed E-state index contributed by atoms with van der Waals surface area (Å²) < 4.78 is 12.9. The third-order valence-corrected chi connectivity index (χ3v) is 6.58. The molecule has 10 heteroatoms. The van der Waals surface area contributed by atoms with E-state index in [0.29, 0.717) is 28.3 Å². The largest absolute Gasteiger partial charge is 0.510 e. The fourth-order valence-electron chi connectivity index (χ4n) is 3.93. The summed E-state index contributed by atoms with van der Waals surface area (Å²) in [4.78, 5) is 7.53. The van der Waals surface area contributed by atoms with Crippen molar-refractivity contribution in [3.8, 4) is 34.6 Å². The minimum Gasteiger partial charge on any atom is -0.510 e. The minimum absolute atomic E-state index is 0.0838. The van der Waals surface area contributed by atoms with Crippen molar-refractivity contribution in [3.05, 3.63) is 84.4 Å². The van der Waals surface area contributed by atoms with Gasteiger partial charge < -0.3 is 19.6 Å². The van der Waals surface area contributed by atoms with Gasteiger partial charge in [0.15, 0.2) is 28.3 Å². The Kier molecular flexibility index (Phi) is 5.52. The van der Waals surface area contributed by atoms with Crippen molar-refractivity contribution in [1.82, 2.24) is 24.7 Å². The highest BCUT2D eigenvalue weighted by Gasteiger charge is 2.21. The molecule has 3 heterocycles. The predicted octanol–water partition coefficient (Wildman–Crippen LogP) is 5.12. The Hall–Kier alpha value is -4.75. The van der Waals surface area contributed by atoms with Crippen LogP contribution in [0.15, 0.2) is 83.7 Å². The van der Waals surface area contributed by atoms with E-state index in [1.54, 1.807) is 0 Å². The normalized spacial score (nSPS) is 13.0. The van der Waals surface area contributed by atoms with Gasteiger partial charge in [-0.2, -0.15) is 5.26 Å². The summed E-state index contributed by atoms with van der Waals surface area (Å²) in [6.45, 7) is 0.184. The molecule has 5 aromatic rings. The SMILES string of the molecule is N#C/C(=C(/O)CSc1nnc(-c2ccc3c(c2)OCO3)n1-c1ccccc1)c1nc2ccccc2[nH]1. The maximum Gasteiger partial charge on any atom is 0.231 e. The molecule has 0 radical (unpaired) electrons. The number of hydrogen-bond donors (Lipinski definition) is 2. The van der Waals surface area contributed by atoms with Gasteiger partial charge in [0.05, 0.1) is 16.8 Å². The van der Waals surface area contributed by atoms with Gasteiger partial charge in [0.2, 0.25) is 6.79 Å². The fourth-order valence-corrected chi connectivity index (χ4v) is 4.76. The van der Waals surface area contributed by atoms with E-state index in [1.807, 2.05) is 77.4 Å². The van der Waals surface area contributed by atoms with Crippen molar-refractivity contribution in [2.24, 2.45) is 0 Å². The minimum atomic E-state index is -0.103. The summed E-state index contributed by atoms with van der Waals surface area (Å²) in [6.07, 6.45) is 0. The van der Waals surface area contributed by atoms with Gasteiger partial charge in [-0.3, -0.25) is 4.57 Å². The standard InChI is InChI=1S/C26H18N6O3S/c27-13-18(24-28-19-8-4-5-9-20(19)29-24)21(33)14-36-26-31-30-25(32(26)17-6-2-1-3-7-17)16-10-11-22-23(12-16)35-15-34-22/h1-12,33H,14-15H2,(H,28,29)/b21-18-. The molecule has 36 heavy (non-hydrogen) atoms. The lowest BCUT2D eigenvalue weighted by Crippen LogP contribution is -2.01. The van der Waals surface area contributed by atoms with Gasteiger partial charge in [0, 0.05) is 11.3 Å². The van der Waals surface area contributed by atoms with E-state index in [9.17, 15) is 10.4 Å². The first-order chi connectivity index (χ1) is 17.7. The number of rotatable bonds is 6. The van der Waals surface area contributed by atoms with Gasteiger partial charge in [0.25, 0.3) is 0 Å². The smallest absolute Gasteiger partial charge is 0.231 e. The van der Waals surface area contributed by atoms with Crippen molar-refractivity contribution in [2.45, 2.75) is 5.16 Å². The van der Waals surface area contributed by atoms with Crippen molar-refractivity contribution >= 4 is 28.4 Å². The Labute approximate surface area is 209 Å². The molecule has 0 saturated heterocycles. The molecule has 9 nitrogen and oxygen atoms in total. The Balaban J connectivity index is 1.35. The summed E-state index contributed by atoms with van der Waals surface area (Å²) in [5, 5.41) is 30.0. The number of ether oxygens (including phenoxy) is 2. The second-order valence-electron chi connectivity index (χ2n) is 7.87. The van der Waals surface area contributed by atoms with Gasteiger partial charge in [-0.1, -0.05) is 42.1 Å². The lowest BCUT2D eigenvalue weighted by molar-refractivity contribution is 0.174. The van der Waals surface area contributed by atoms with Crippen LogP contribution in [0.3, 0.4) is 0 Å². The molecule has 1 aliphatic heterocycles. The first kappa shape index (κ1) is 21.8. The summed E-state index contributed by atoms with van der Waals surface area (Å²) in [5.41, 5.74) is 3.26. The van der Waals surface area contributed by atoms with E-state index in [1.165, 1.54) is 11.8 Å². The van der Waals surface area contributed by atoms with Crippen molar-refractivity contribution in [1.29, 1.82) is 5.26 Å². The fraction of sp³-hybridized carbons (Fsp3) is 0.0769. The average molecular weight is 495 g/mol. The number of aliphatic hydroxyl groups excluding tert-OH is 1. The molecule has 176 valence electrons. The highest BCUT2D eigenvalue weighted by Crippen LogP contribution is 2.37. The van der Waals surface area contributed by atoms with Crippen LogP contribution in [-0.4, -0.2) is 42.4 Å². The molecule has 1 aliphatic rings. The Bertz CT molecular complexity index is 1620. The second kappa shape index (κ2) is 9.13. The first-order valence-electron chi connectivity index (χ1n) is 11.0. The summed E-state index contributed by atoms with van der Waals surface area (Å²) in [5.74, 6) is 2.27. The van der Waals surface area contributed by atoms with Gasteiger partial charge in [-0.05, 0) is 42.5 Å². The third kappa shape index (κ3) is 3.91. The maximum atomic E-state index is 10.8. The molecule has 0 aliphatic carbocycles. The van der Waals surface area contributed by atoms with Gasteiger partial charge in [0.1, 0.15) is 17.4 Å². The number of aromatic nitrogens is 5. The third-order valence-electron chi connectivity index (χ3n) is 5.64. The molecule has 0 amide bonds. The molecule has 0 atom stereocenters. The number of nitriles is 1. The first-order valence-corrected chi connectivity index (χ1v) is 12.0. The van der Waals surface area contributed by atoms with E-state index in [0.717, 1.165) is 22.3 Å². The number of allylic oxidation sites excluding steroid dienone is 1. The van der Waals surface area contributed by atoms with E-state index < -0.39 is 0 Å². The number of benzene rings is 3. The highest BCUT2D eigenvalue weighted by molar-refractivity contribution is 7.99. The molecule has 0 unspecified atom stereocenters. The Morgan fingerprint density at radius 2 is 1.83 bits per heavy atom. The molecule has 6 rings (SSSR count). The number of aliphatic hydroxyl groups is 1. The number of fused-ring (bicyclic) bond motifs is 2. The molecule has 2 N–H and O–H groups in total. The zero-order valence-corrected chi connectivity index (χ0v) is 19.6. The molecule has 3 aromatic carbocycles. The molecule has 0 spiro atoms. The Morgan fingerprint density at radius 3 is 2.67 bits per heavy atom. The number of H-pyrrole nitrogens is 1. The number of para-hydroxylation sites is 3. The molecular formula is C26H18N6O3S. The summed E-state index contributed by atoms with van der Waals surface area (Å²) >= 11 is 1.27. The van der Waals surface area contributed by atoms with Crippen LogP contribution in [0.2, 0.25) is 0 Å². The summed E-state index contributed by atoms with van der Waals surface area (Å²) in [7, 11) is 0. The number of aromatic amines is 1. The number of thioether (sulfide) groups is 1. The number of nitrogens with zero attached hydrogens (tertiary/aromatic N) is 5. The molecule has 0 fully saturated rings. The highest BCUT2D eigenvalue weighted by atomic mass is 32.2. The van der Waals surface area contributed by atoms with Crippen LogP contribution in [0.1, 0.15) is 5.82 Å². The van der Waals surface area contributed by atoms with E-state index in [4.69, 9.17) is 9.47 Å². The second-order valence-corrected chi connectivity index (χ2v) is 8.81. The molecule has 2 aromatic heterocycles. The van der Waals surface area contributed by atoms with E-state index in [2.05, 4.69) is 26.2 Å². The predicted molar refractivity (Wildman–Crippen MR) is 135 cm³/mol. The number of hydrogen-bond acceptors (Lipinski definition) is 8. The average Bonchev–Trinajstić information content (AvgIpc) is 3.65. The lowest BCUT2D eigenvalue weighted by Gasteiger charge is -2.11. The zero-order valence-electron chi connectivity index (χ0n) is 18.8. The lowest BCUT2D eigenvalue weighted by atomic mass is 10.2. The van der Waals surface area contributed by atoms with Crippen molar-refractivity contribution < 1.29 is 14.6 Å². The van der Waals surface area contributed by atoms with Gasteiger partial charge in [-0.15, -0.1) is 10.2 Å². The van der Waals surface area contributed by atoms with Crippen LogP contribution in [-0.2, 0) is 0 Å². The van der Waals surface area contributed by atoms with E-state index in [-0.39, 0.29) is 23.9 Å². The maximum absolute atomic E-state index is 10.8. The van der Waals surface area contributed by atoms with Crippen LogP contribution in [0, 0.1) is 11.3 Å². The van der Waals surface area contributed by atoms with Crippen molar-refractivity contribution in [2.75, 3.05) is 12.5 Å². The summed E-state index contributed by atoms with van der Waals surface area (Å²) in [6, 6.07) is 24.8. The molecule has 0 saturated carbocycles. The number of nitrogens with one attached hydrogen (secondary N) is 1. The van der Waals surface area contributed by atoms with Crippen LogP contribution >= 0.6 is 11.8 Å². The van der Waals surface area contributed by atoms with Crippen LogP contribution in [0.25, 0.3) is 33.7 Å². The quantitative estimate of drug-likeness (QED) is 0.189. The van der Waals surface area contributed by atoms with Crippen LogP contribution < -0.4 is 9.47 Å². The molecular weight excluding hydrogens is 476 g/mol.